The summed E-state index contributed by atoms with van der Waals surface area (Å²) in [7, 11) is 0. The number of nitrogens with zero attached hydrogens (tertiary/aromatic N) is 2. The van der Waals surface area contributed by atoms with E-state index >= 15 is 0 Å². The fraction of sp³-hybridized carbons (Fsp3) is 0.167. The van der Waals surface area contributed by atoms with E-state index in [2.05, 4.69) is 25.9 Å². The highest BCUT2D eigenvalue weighted by Gasteiger charge is 1.89. The summed E-state index contributed by atoms with van der Waals surface area (Å²) in [6.07, 6.45) is 3.29. The van der Waals surface area contributed by atoms with Crippen LogP contribution < -0.4 is 0 Å². The first-order valence-electron chi connectivity index (χ1n) is 5.03. The number of rotatable bonds is 2. The molecule has 0 saturated carbocycles. The molecule has 96 valence electrons. The first-order chi connectivity index (χ1) is 8.65. The van der Waals surface area contributed by atoms with Crippen molar-refractivity contribution in [2.24, 2.45) is 0 Å². The maximum absolute atomic E-state index is 8.55. The van der Waals surface area contributed by atoms with Crippen molar-refractivity contribution < 1.29 is 5.11 Å². The maximum Gasteiger partial charge on any atom is 0.129 e. The third-order valence-corrected chi connectivity index (χ3v) is 3.01. The molecule has 0 radical (unpaired) electrons. The lowest BCUT2D eigenvalue weighted by Gasteiger charge is -1.91. The van der Waals surface area contributed by atoms with Gasteiger partial charge in [0.05, 0.1) is 6.61 Å². The topological polar surface area (TPSA) is 46.0 Å². The van der Waals surface area contributed by atoms with Gasteiger partial charge in [-0.1, -0.05) is 51.3 Å². The molecule has 0 bridgehead atoms. The summed E-state index contributed by atoms with van der Waals surface area (Å²) in [5.41, 5.74) is 1.92. The van der Waals surface area contributed by atoms with Crippen LogP contribution in [-0.2, 0) is 11.9 Å². The fourth-order valence-corrected chi connectivity index (χ4v) is 1.54. The van der Waals surface area contributed by atoms with Crippen molar-refractivity contribution in [3.8, 4) is 0 Å². The molecule has 0 saturated heterocycles. The summed E-state index contributed by atoms with van der Waals surface area (Å²) in [5, 5.41) is 10.4. The Morgan fingerprint density at radius 2 is 1.44 bits per heavy atom. The Morgan fingerprint density at radius 3 is 1.78 bits per heavy atom. The summed E-state index contributed by atoms with van der Waals surface area (Å²) >= 11 is 14.3. The average molecular weight is 350 g/mol. The third-order valence-electron chi connectivity index (χ3n) is 1.91. The molecule has 0 aliphatic carbocycles. The Morgan fingerprint density at radius 1 is 0.944 bits per heavy atom. The zero-order chi connectivity index (χ0) is 13.4. The molecule has 0 amide bonds. The minimum atomic E-state index is 0.0180. The van der Waals surface area contributed by atoms with Crippen LogP contribution in [0.25, 0.3) is 0 Å². The molecule has 2 rings (SSSR count). The molecular formula is C12H11BrCl2N2O. The molecule has 0 atom stereocenters. The van der Waals surface area contributed by atoms with Crippen molar-refractivity contribution >= 4 is 39.1 Å². The van der Waals surface area contributed by atoms with Crippen LogP contribution in [0.2, 0.25) is 10.3 Å². The lowest BCUT2D eigenvalue weighted by atomic mass is 10.3. The Bertz CT molecular complexity index is 417. The van der Waals surface area contributed by atoms with Crippen LogP contribution in [-0.4, -0.2) is 15.1 Å². The number of aliphatic hydroxyl groups is 1. The summed E-state index contributed by atoms with van der Waals surface area (Å²) in [5.74, 6) is 0. The van der Waals surface area contributed by atoms with E-state index in [1.807, 2.05) is 6.07 Å². The SMILES string of the molecule is Clc1ccc(CBr)cn1.OCc1ccc(Cl)nc1. The van der Waals surface area contributed by atoms with E-state index < -0.39 is 0 Å². The molecule has 0 unspecified atom stereocenters. The van der Waals surface area contributed by atoms with Gasteiger partial charge in [-0.15, -0.1) is 0 Å². The molecule has 3 nitrogen and oxygen atoms in total. The summed E-state index contributed by atoms with van der Waals surface area (Å²) in [6.45, 7) is 0.0180. The van der Waals surface area contributed by atoms with E-state index in [1.165, 1.54) is 0 Å². The largest absolute Gasteiger partial charge is 0.392 e. The zero-order valence-corrected chi connectivity index (χ0v) is 12.5. The van der Waals surface area contributed by atoms with Gasteiger partial charge < -0.3 is 5.11 Å². The number of aromatic nitrogens is 2. The fourth-order valence-electron chi connectivity index (χ4n) is 0.985. The minimum absolute atomic E-state index is 0.0180. The molecule has 18 heavy (non-hydrogen) atoms. The van der Waals surface area contributed by atoms with Gasteiger partial charge in [0.15, 0.2) is 0 Å². The number of pyridine rings is 2. The zero-order valence-electron chi connectivity index (χ0n) is 9.35. The molecule has 6 heteroatoms. The summed E-state index contributed by atoms with van der Waals surface area (Å²) in [4.78, 5) is 7.64. The molecule has 0 fully saturated rings. The second kappa shape index (κ2) is 8.43. The number of hydrogen-bond donors (Lipinski definition) is 1. The predicted octanol–water partition coefficient (Wildman–Crippen LogP) is 3.86. The van der Waals surface area contributed by atoms with E-state index in [0.29, 0.717) is 10.3 Å². The number of aliphatic hydroxyl groups excluding tert-OH is 1. The molecule has 0 aliphatic rings. The van der Waals surface area contributed by atoms with Gasteiger partial charge in [-0.05, 0) is 23.3 Å². The van der Waals surface area contributed by atoms with Gasteiger partial charge in [-0.2, -0.15) is 0 Å². The summed E-state index contributed by atoms with van der Waals surface area (Å²) in [6, 6.07) is 7.09. The van der Waals surface area contributed by atoms with Gasteiger partial charge in [-0.25, -0.2) is 9.97 Å². The quantitative estimate of drug-likeness (QED) is 0.661. The van der Waals surface area contributed by atoms with Crippen molar-refractivity contribution in [1.82, 2.24) is 9.97 Å². The molecule has 2 aromatic heterocycles. The van der Waals surface area contributed by atoms with Crippen molar-refractivity contribution in [2.45, 2.75) is 11.9 Å². The van der Waals surface area contributed by atoms with Gasteiger partial charge >= 0.3 is 0 Å². The monoisotopic (exact) mass is 348 g/mol. The first-order valence-corrected chi connectivity index (χ1v) is 6.91. The third kappa shape index (κ3) is 5.78. The lowest BCUT2D eigenvalue weighted by molar-refractivity contribution is 0.281. The van der Waals surface area contributed by atoms with Crippen molar-refractivity contribution in [2.75, 3.05) is 0 Å². The molecular weight excluding hydrogens is 339 g/mol. The van der Waals surface area contributed by atoms with Gasteiger partial charge in [0, 0.05) is 17.7 Å². The molecule has 2 heterocycles. The highest BCUT2D eigenvalue weighted by atomic mass is 79.9. The molecule has 1 N–H and O–H groups in total. The van der Waals surface area contributed by atoms with E-state index in [4.69, 9.17) is 28.3 Å². The van der Waals surface area contributed by atoms with Crippen LogP contribution in [0.5, 0.6) is 0 Å². The average Bonchev–Trinajstić information content (AvgIpc) is 2.41. The van der Waals surface area contributed by atoms with Crippen LogP contribution in [0.15, 0.2) is 36.7 Å². The molecule has 2 aromatic rings. The molecule has 0 aliphatic heterocycles. The molecule has 0 aromatic carbocycles. The van der Waals surface area contributed by atoms with E-state index in [0.717, 1.165) is 16.5 Å². The van der Waals surface area contributed by atoms with Crippen molar-refractivity contribution in [3.05, 3.63) is 58.1 Å². The normalized spacial score (nSPS) is 9.56. The smallest absolute Gasteiger partial charge is 0.129 e. The van der Waals surface area contributed by atoms with E-state index in [1.54, 1.807) is 30.6 Å². The predicted molar refractivity (Wildman–Crippen MR) is 77.0 cm³/mol. The van der Waals surface area contributed by atoms with Crippen LogP contribution in [0.3, 0.4) is 0 Å². The summed E-state index contributed by atoms with van der Waals surface area (Å²) < 4.78 is 0. The second-order valence-electron chi connectivity index (χ2n) is 3.27. The Labute approximate surface area is 124 Å². The van der Waals surface area contributed by atoms with Gasteiger partial charge in [0.25, 0.3) is 0 Å². The first kappa shape index (κ1) is 15.4. The van der Waals surface area contributed by atoms with Crippen LogP contribution in [0.1, 0.15) is 11.1 Å². The Kier molecular flexibility index (Phi) is 7.20. The lowest BCUT2D eigenvalue weighted by Crippen LogP contribution is -1.82. The minimum Gasteiger partial charge on any atom is -0.392 e. The van der Waals surface area contributed by atoms with Crippen molar-refractivity contribution in [1.29, 1.82) is 0 Å². The van der Waals surface area contributed by atoms with Gasteiger partial charge in [0.2, 0.25) is 0 Å². The van der Waals surface area contributed by atoms with Crippen molar-refractivity contribution in [3.63, 3.8) is 0 Å². The molecule has 0 spiro atoms. The van der Waals surface area contributed by atoms with Gasteiger partial charge in [-0.3, -0.25) is 0 Å². The standard InChI is InChI=1S/C6H5BrClN.C6H6ClNO/c7-3-5-1-2-6(8)9-4-5;7-6-2-1-5(4-9)3-8-6/h1-2,4H,3H2;1-3,9H,4H2. The Balaban J connectivity index is 0.000000180. The van der Waals surface area contributed by atoms with Crippen LogP contribution in [0.4, 0.5) is 0 Å². The number of halogens is 3. The van der Waals surface area contributed by atoms with Crippen LogP contribution in [0, 0.1) is 0 Å². The van der Waals surface area contributed by atoms with E-state index in [-0.39, 0.29) is 6.61 Å². The van der Waals surface area contributed by atoms with Crippen LogP contribution >= 0.6 is 39.1 Å². The number of alkyl halides is 1. The highest BCUT2D eigenvalue weighted by molar-refractivity contribution is 9.08. The Hall–Kier alpha value is -0.680. The number of hydrogen-bond acceptors (Lipinski definition) is 3. The second-order valence-corrected chi connectivity index (χ2v) is 4.61. The van der Waals surface area contributed by atoms with Gasteiger partial charge in [0.1, 0.15) is 10.3 Å². The van der Waals surface area contributed by atoms with E-state index in [9.17, 15) is 0 Å². The highest BCUT2D eigenvalue weighted by Crippen LogP contribution is 2.07. The maximum atomic E-state index is 8.55.